The van der Waals surface area contributed by atoms with Gasteiger partial charge in [0.1, 0.15) is 12.3 Å². The van der Waals surface area contributed by atoms with E-state index in [1.807, 2.05) is 30.7 Å². The van der Waals surface area contributed by atoms with Gasteiger partial charge in [0.05, 0.1) is 23.4 Å². The summed E-state index contributed by atoms with van der Waals surface area (Å²) in [4.78, 5) is 14.5. The predicted molar refractivity (Wildman–Crippen MR) is 130 cm³/mol. The number of thioether (sulfide) groups is 1. The Morgan fingerprint density at radius 2 is 1.88 bits per heavy atom. The highest BCUT2D eigenvalue weighted by Crippen LogP contribution is 2.27. The molecule has 10 heteroatoms. The van der Waals surface area contributed by atoms with E-state index in [0.29, 0.717) is 18.0 Å². The van der Waals surface area contributed by atoms with E-state index < -0.39 is 22.5 Å². The van der Waals surface area contributed by atoms with Crippen LogP contribution in [-0.2, 0) is 14.8 Å². The number of ether oxygens (including phenoxy) is 1. The lowest BCUT2D eigenvalue weighted by Gasteiger charge is -2.24. The van der Waals surface area contributed by atoms with E-state index in [4.69, 9.17) is 4.74 Å². The van der Waals surface area contributed by atoms with Crippen molar-refractivity contribution in [2.24, 2.45) is 5.10 Å². The SMILES string of the molecule is CCOc1ccc(N(CC(=O)N/N=C\c2cccs2)S(=O)(=O)c2ccc(SC)cc2)cc1. The van der Waals surface area contributed by atoms with Crippen molar-refractivity contribution in [1.82, 2.24) is 5.43 Å². The Kier molecular flexibility index (Phi) is 8.32. The van der Waals surface area contributed by atoms with Crippen molar-refractivity contribution in [2.75, 3.05) is 23.7 Å². The van der Waals surface area contributed by atoms with Crippen LogP contribution in [0.2, 0.25) is 0 Å². The number of anilines is 1. The Balaban J connectivity index is 1.86. The van der Waals surface area contributed by atoms with Crippen LogP contribution >= 0.6 is 23.1 Å². The van der Waals surface area contributed by atoms with Crippen LogP contribution in [0.1, 0.15) is 11.8 Å². The first kappa shape index (κ1) is 23.8. The average molecular weight is 490 g/mol. The van der Waals surface area contributed by atoms with Gasteiger partial charge in [-0.2, -0.15) is 5.10 Å². The number of carbonyl (C=O) groups is 1. The van der Waals surface area contributed by atoms with Crippen molar-refractivity contribution in [1.29, 1.82) is 0 Å². The number of carbonyl (C=O) groups excluding carboxylic acids is 1. The third kappa shape index (κ3) is 6.12. The van der Waals surface area contributed by atoms with E-state index >= 15 is 0 Å². The second kappa shape index (κ2) is 11.2. The molecule has 3 rings (SSSR count). The number of nitrogens with zero attached hydrogens (tertiary/aromatic N) is 2. The highest BCUT2D eigenvalue weighted by atomic mass is 32.2. The summed E-state index contributed by atoms with van der Waals surface area (Å²) in [6.45, 7) is 1.93. The van der Waals surface area contributed by atoms with E-state index in [9.17, 15) is 13.2 Å². The number of nitrogens with one attached hydrogen (secondary N) is 1. The molecule has 168 valence electrons. The number of thiophene rings is 1. The maximum atomic E-state index is 13.4. The summed E-state index contributed by atoms with van der Waals surface area (Å²) in [6, 6.07) is 16.8. The Morgan fingerprint density at radius 1 is 1.16 bits per heavy atom. The minimum atomic E-state index is -3.99. The van der Waals surface area contributed by atoms with Crippen LogP contribution in [0.5, 0.6) is 5.75 Å². The summed E-state index contributed by atoms with van der Waals surface area (Å²) in [5.74, 6) is 0.0546. The van der Waals surface area contributed by atoms with Gasteiger partial charge in [0, 0.05) is 9.77 Å². The quantitative estimate of drug-likeness (QED) is 0.262. The number of amides is 1. The van der Waals surface area contributed by atoms with Crippen LogP contribution in [0.15, 0.2) is 80.9 Å². The molecule has 0 radical (unpaired) electrons. The van der Waals surface area contributed by atoms with E-state index in [1.54, 1.807) is 36.4 Å². The van der Waals surface area contributed by atoms with E-state index in [0.717, 1.165) is 14.1 Å². The molecule has 3 aromatic rings. The first-order valence-corrected chi connectivity index (χ1v) is 13.2. The summed E-state index contributed by atoms with van der Waals surface area (Å²) in [5, 5.41) is 5.81. The Morgan fingerprint density at radius 3 is 2.47 bits per heavy atom. The van der Waals surface area contributed by atoms with Crippen molar-refractivity contribution in [3.05, 3.63) is 70.9 Å². The number of hydrazone groups is 1. The van der Waals surface area contributed by atoms with Crippen molar-refractivity contribution in [3.63, 3.8) is 0 Å². The molecule has 1 N–H and O–H groups in total. The number of rotatable bonds is 10. The Labute approximate surface area is 196 Å². The molecule has 0 atom stereocenters. The standard InChI is InChI=1S/C22H23N3O4S3/c1-3-29-18-8-6-17(7-9-18)25(16-22(26)24-23-15-20-5-4-14-31-20)32(27,28)21-12-10-19(30-2)11-13-21/h4-15H,3,16H2,1-2H3,(H,24,26)/b23-15-. The van der Waals surface area contributed by atoms with Gasteiger partial charge < -0.3 is 4.74 Å². The van der Waals surface area contributed by atoms with E-state index in [1.165, 1.54) is 41.4 Å². The molecule has 0 aliphatic heterocycles. The fraction of sp³-hybridized carbons (Fsp3) is 0.182. The topological polar surface area (TPSA) is 88.1 Å². The molecule has 0 bridgehead atoms. The van der Waals surface area contributed by atoms with Crippen LogP contribution in [-0.4, -0.2) is 39.9 Å². The second-order valence-corrected chi connectivity index (χ2v) is 10.1. The van der Waals surface area contributed by atoms with Gasteiger partial charge in [-0.3, -0.25) is 9.10 Å². The monoisotopic (exact) mass is 489 g/mol. The smallest absolute Gasteiger partial charge is 0.264 e. The van der Waals surface area contributed by atoms with Crippen molar-refractivity contribution in [3.8, 4) is 5.75 Å². The van der Waals surface area contributed by atoms with Crippen LogP contribution in [0.25, 0.3) is 0 Å². The zero-order valence-corrected chi connectivity index (χ0v) is 20.0. The summed E-state index contributed by atoms with van der Waals surface area (Å²) >= 11 is 2.99. The lowest BCUT2D eigenvalue weighted by Crippen LogP contribution is -2.39. The normalized spacial score (nSPS) is 11.4. The zero-order valence-electron chi connectivity index (χ0n) is 17.6. The molecule has 1 heterocycles. The highest BCUT2D eigenvalue weighted by molar-refractivity contribution is 7.98. The van der Waals surface area contributed by atoms with Gasteiger partial charge in [0.25, 0.3) is 15.9 Å². The third-order valence-corrected chi connectivity index (χ3v) is 7.63. The van der Waals surface area contributed by atoms with E-state index in [-0.39, 0.29) is 4.90 Å². The zero-order chi connectivity index (χ0) is 23.0. The van der Waals surface area contributed by atoms with Gasteiger partial charge in [0.15, 0.2) is 0 Å². The first-order chi connectivity index (χ1) is 15.4. The molecule has 0 saturated heterocycles. The molecule has 1 aromatic heterocycles. The molecule has 0 saturated carbocycles. The summed E-state index contributed by atoms with van der Waals surface area (Å²) in [5.41, 5.74) is 2.74. The molecule has 0 unspecified atom stereocenters. The summed E-state index contributed by atoms with van der Waals surface area (Å²) < 4.78 is 33.3. The van der Waals surface area contributed by atoms with Gasteiger partial charge in [-0.1, -0.05) is 6.07 Å². The molecule has 0 aliphatic carbocycles. The maximum absolute atomic E-state index is 13.4. The minimum Gasteiger partial charge on any atom is -0.494 e. The number of sulfonamides is 1. The van der Waals surface area contributed by atoms with Crippen molar-refractivity contribution < 1.29 is 17.9 Å². The van der Waals surface area contributed by atoms with Gasteiger partial charge in [-0.05, 0) is 73.2 Å². The Hall–Kier alpha value is -2.82. The van der Waals surface area contributed by atoms with Crippen LogP contribution in [0.4, 0.5) is 5.69 Å². The molecule has 0 fully saturated rings. The molecule has 1 amide bonds. The van der Waals surface area contributed by atoms with Gasteiger partial charge in [-0.15, -0.1) is 23.1 Å². The van der Waals surface area contributed by atoms with Crippen molar-refractivity contribution >= 4 is 50.9 Å². The predicted octanol–water partition coefficient (Wildman–Crippen LogP) is 4.21. The first-order valence-electron chi connectivity index (χ1n) is 9.69. The minimum absolute atomic E-state index is 0.0964. The Bertz CT molecular complexity index is 1140. The molecular formula is C22H23N3O4S3. The number of hydrogen-bond donors (Lipinski definition) is 1. The second-order valence-electron chi connectivity index (χ2n) is 6.42. The summed E-state index contributed by atoms with van der Waals surface area (Å²) in [6.07, 6.45) is 3.43. The lowest BCUT2D eigenvalue weighted by atomic mass is 10.3. The van der Waals surface area contributed by atoms with Crippen molar-refractivity contribution in [2.45, 2.75) is 16.7 Å². The molecule has 0 aliphatic rings. The fourth-order valence-corrected chi connectivity index (χ4v) is 5.18. The number of hydrogen-bond acceptors (Lipinski definition) is 7. The number of benzene rings is 2. The average Bonchev–Trinajstić information content (AvgIpc) is 3.32. The molecule has 2 aromatic carbocycles. The largest absolute Gasteiger partial charge is 0.494 e. The molecule has 0 spiro atoms. The summed E-state index contributed by atoms with van der Waals surface area (Å²) in [7, 11) is -3.99. The van der Waals surface area contributed by atoms with Gasteiger partial charge in [0.2, 0.25) is 0 Å². The van der Waals surface area contributed by atoms with Crippen LogP contribution < -0.4 is 14.5 Å². The molecule has 32 heavy (non-hydrogen) atoms. The molecule has 7 nitrogen and oxygen atoms in total. The highest BCUT2D eigenvalue weighted by Gasteiger charge is 2.27. The fourth-order valence-electron chi connectivity index (χ4n) is 2.76. The third-order valence-electron chi connectivity index (χ3n) is 4.29. The lowest BCUT2D eigenvalue weighted by molar-refractivity contribution is -0.119. The van der Waals surface area contributed by atoms with Crippen LogP contribution in [0, 0.1) is 0 Å². The molecular weight excluding hydrogens is 466 g/mol. The van der Waals surface area contributed by atoms with E-state index in [2.05, 4.69) is 10.5 Å². The van der Waals surface area contributed by atoms with Gasteiger partial charge in [-0.25, -0.2) is 13.8 Å². The van der Waals surface area contributed by atoms with Crippen LogP contribution in [0.3, 0.4) is 0 Å². The van der Waals surface area contributed by atoms with Gasteiger partial charge >= 0.3 is 0 Å². The maximum Gasteiger partial charge on any atom is 0.264 e.